The Labute approximate surface area is 96.6 Å². The van der Waals surface area contributed by atoms with Gasteiger partial charge in [0.15, 0.2) is 5.78 Å². The van der Waals surface area contributed by atoms with Gasteiger partial charge in [-0.25, -0.2) is 0 Å². The van der Waals surface area contributed by atoms with Gasteiger partial charge in [0.05, 0.1) is 11.1 Å². The normalized spacial score (nSPS) is 18.6. The van der Waals surface area contributed by atoms with Gasteiger partial charge in [-0.1, -0.05) is 18.2 Å². The van der Waals surface area contributed by atoms with Crippen LogP contribution in [0, 0.1) is 0 Å². The first-order chi connectivity index (χ1) is 7.84. The van der Waals surface area contributed by atoms with Crippen LogP contribution in [0.2, 0.25) is 0 Å². The molecular formula is C12H12F3NO. The van der Waals surface area contributed by atoms with E-state index in [1.54, 1.807) is 0 Å². The number of ketones is 1. The molecule has 0 heterocycles. The van der Waals surface area contributed by atoms with Crippen molar-refractivity contribution in [3.8, 4) is 0 Å². The lowest BCUT2D eigenvalue weighted by atomic mass is 9.72. The smallest absolute Gasteiger partial charge is 0.319 e. The van der Waals surface area contributed by atoms with Crippen LogP contribution in [0.1, 0.15) is 35.2 Å². The standard InChI is InChI=1S/C12H12F3NO/c13-12(14,15)9-5-2-1-4-8(9)10(17)11(16)6-3-7-11/h1-2,4-5H,3,6-7,16H2. The van der Waals surface area contributed by atoms with Crippen molar-refractivity contribution in [2.24, 2.45) is 5.73 Å². The zero-order chi connectivity index (χ0) is 12.7. The number of rotatable bonds is 2. The second-order valence-electron chi connectivity index (χ2n) is 4.38. The van der Waals surface area contributed by atoms with Gasteiger partial charge in [0, 0.05) is 5.56 Å². The molecular weight excluding hydrogens is 231 g/mol. The lowest BCUT2D eigenvalue weighted by molar-refractivity contribution is -0.138. The summed E-state index contributed by atoms with van der Waals surface area (Å²) in [6.45, 7) is 0. The molecule has 0 amide bonds. The zero-order valence-corrected chi connectivity index (χ0v) is 9.05. The van der Waals surface area contributed by atoms with Crippen LogP contribution in [-0.4, -0.2) is 11.3 Å². The minimum Gasteiger partial charge on any atom is -0.319 e. The molecule has 1 aliphatic rings. The third-order valence-corrected chi connectivity index (χ3v) is 3.18. The fraction of sp³-hybridized carbons (Fsp3) is 0.417. The van der Waals surface area contributed by atoms with Gasteiger partial charge in [0.2, 0.25) is 0 Å². The largest absolute Gasteiger partial charge is 0.417 e. The van der Waals surface area contributed by atoms with Gasteiger partial charge in [-0.3, -0.25) is 4.79 Å². The quantitative estimate of drug-likeness (QED) is 0.811. The summed E-state index contributed by atoms with van der Waals surface area (Å²) < 4.78 is 38.2. The summed E-state index contributed by atoms with van der Waals surface area (Å²) >= 11 is 0. The van der Waals surface area contributed by atoms with Gasteiger partial charge in [-0.15, -0.1) is 0 Å². The van der Waals surface area contributed by atoms with E-state index >= 15 is 0 Å². The first-order valence-corrected chi connectivity index (χ1v) is 5.34. The Morgan fingerprint density at radius 1 is 1.24 bits per heavy atom. The van der Waals surface area contributed by atoms with E-state index in [1.807, 2.05) is 0 Å². The lowest BCUT2D eigenvalue weighted by Gasteiger charge is -2.36. The second-order valence-corrected chi connectivity index (χ2v) is 4.38. The highest BCUT2D eigenvalue weighted by Crippen LogP contribution is 2.37. The molecule has 17 heavy (non-hydrogen) atoms. The molecule has 0 unspecified atom stereocenters. The van der Waals surface area contributed by atoms with E-state index in [4.69, 9.17) is 5.73 Å². The molecule has 1 aromatic rings. The topological polar surface area (TPSA) is 43.1 Å². The summed E-state index contributed by atoms with van der Waals surface area (Å²) in [6.07, 6.45) is -2.82. The Morgan fingerprint density at radius 3 is 2.29 bits per heavy atom. The number of alkyl halides is 3. The van der Waals surface area contributed by atoms with Gasteiger partial charge in [-0.05, 0) is 25.3 Å². The Morgan fingerprint density at radius 2 is 1.82 bits per heavy atom. The summed E-state index contributed by atoms with van der Waals surface area (Å²) in [4.78, 5) is 12.0. The fourth-order valence-electron chi connectivity index (χ4n) is 1.98. The molecule has 5 heteroatoms. The highest BCUT2D eigenvalue weighted by atomic mass is 19.4. The maximum atomic E-state index is 12.7. The van der Waals surface area contributed by atoms with Gasteiger partial charge < -0.3 is 5.73 Å². The summed E-state index contributed by atoms with van der Waals surface area (Å²) in [5.74, 6) is -0.600. The number of carbonyl (C=O) groups excluding carboxylic acids is 1. The zero-order valence-electron chi connectivity index (χ0n) is 9.05. The Bertz CT molecular complexity index is 449. The van der Waals surface area contributed by atoms with Crippen LogP contribution in [-0.2, 0) is 6.18 Å². The maximum Gasteiger partial charge on any atom is 0.417 e. The second kappa shape index (κ2) is 3.84. The molecule has 0 radical (unpaired) electrons. The van der Waals surface area contributed by atoms with E-state index in [9.17, 15) is 18.0 Å². The van der Waals surface area contributed by atoms with Crippen molar-refractivity contribution >= 4 is 5.78 Å². The number of Topliss-reactive ketones (excluding diaryl/α,β-unsaturated/α-hetero) is 1. The fourth-order valence-corrected chi connectivity index (χ4v) is 1.98. The summed E-state index contributed by atoms with van der Waals surface area (Å²) in [5, 5.41) is 0. The number of hydrogen-bond acceptors (Lipinski definition) is 2. The molecule has 0 aliphatic heterocycles. The average molecular weight is 243 g/mol. The van der Waals surface area contributed by atoms with E-state index in [-0.39, 0.29) is 5.56 Å². The minimum atomic E-state index is -4.52. The Hall–Kier alpha value is -1.36. The van der Waals surface area contributed by atoms with Crippen molar-refractivity contribution in [2.45, 2.75) is 31.0 Å². The Kier molecular flexibility index (Phi) is 2.73. The minimum absolute atomic E-state index is 0.317. The van der Waals surface area contributed by atoms with E-state index in [2.05, 4.69) is 0 Å². The highest BCUT2D eigenvalue weighted by molar-refractivity contribution is 6.04. The molecule has 1 fully saturated rings. The molecule has 0 atom stereocenters. The molecule has 2 rings (SSSR count). The summed E-state index contributed by atoms with van der Waals surface area (Å²) in [5.41, 5.74) is 3.46. The van der Waals surface area contributed by atoms with Crippen molar-refractivity contribution in [1.29, 1.82) is 0 Å². The van der Waals surface area contributed by atoms with E-state index in [1.165, 1.54) is 18.2 Å². The monoisotopic (exact) mass is 243 g/mol. The average Bonchev–Trinajstić information content (AvgIpc) is 2.24. The van der Waals surface area contributed by atoms with Gasteiger partial charge in [0.1, 0.15) is 0 Å². The predicted molar refractivity (Wildman–Crippen MR) is 56.5 cm³/mol. The van der Waals surface area contributed by atoms with Crippen LogP contribution in [0.4, 0.5) is 13.2 Å². The molecule has 1 aromatic carbocycles. The summed E-state index contributed by atoms with van der Waals surface area (Å²) in [6, 6.07) is 4.79. The van der Waals surface area contributed by atoms with Crippen LogP contribution in [0.15, 0.2) is 24.3 Å². The molecule has 1 aliphatic carbocycles. The first-order valence-electron chi connectivity index (χ1n) is 5.34. The van der Waals surface area contributed by atoms with Crippen LogP contribution >= 0.6 is 0 Å². The molecule has 0 bridgehead atoms. The molecule has 0 saturated heterocycles. The van der Waals surface area contributed by atoms with Gasteiger partial charge in [0.25, 0.3) is 0 Å². The third-order valence-electron chi connectivity index (χ3n) is 3.18. The van der Waals surface area contributed by atoms with Gasteiger partial charge in [-0.2, -0.15) is 13.2 Å². The predicted octanol–water partition coefficient (Wildman–Crippen LogP) is 2.77. The molecule has 92 valence electrons. The highest BCUT2D eigenvalue weighted by Gasteiger charge is 2.44. The van der Waals surface area contributed by atoms with Crippen molar-refractivity contribution in [2.75, 3.05) is 0 Å². The van der Waals surface area contributed by atoms with E-state index in [0.717, 1.165) is 12.5 Å². The maximum absolute atomic E-state index is 12.7. The third kappa shape index (κ3) is 2.07. The lowest BCUT2D eigenvalue weighted by Crippen LogP contribution is -2.53. The molecule has 2 N–H and O–H groups in total. The van der Waals surface area contributed by atoms with Crippen molar-refractivity contribution in [3.05, 3.63) is 35.4 Å². The van der Waals surface area contributed by atoms with Crippen LogP contribution in [0.25, 0.3) is 0 Å². The summed E-state index contributed by atoms with van der Waals surface area (Å²) in [7, 11) is 0. The van der Waals surface area contributed by atoms with Crippen LogP contribution in [0.5, 0.6) is 0 Å². The Balaban J connectivity index is 2.42. The van der Waals surface area contributed by atoms with Gasteiger partial charge >= 0.3 is 6.18 Å². The first kappa shape index (κ1) is 12.1. The van der Waals surface area contributed by atoms with E-state index < -0.39 is 23.1 Å². The molecule has 0 spiro atoms. The van der Waals surface area contributed by atoms with E-state index in [0.29, 0.717) is 12.8 Å². The van der Waals surface area contributed by atoms with Crippen molar-refractivity contribution < 1.29 is 18.0 Å². The van der Waals surface area contributed by atoms with Crippen molar-refractivity contribution in [3.63, 3.8) is 0 Å². The molecule has 1 saturated carbocycles. The van der Waals surface area contributed by atoms with Crippen LogP contribution < -0.4 is 5.73 Å². The van der Waals surface area contributed by atoms with Crippen LogP contribution in [0.3, 0.4) is 0 Å². The molecule has 0 aromatic heterocycles. The SMILES string of the molecule is NC1(C(=O)c2ccccc2C(F)(F)F)CCC1. The van der Waals surface area contributed by atoms with Crippen molar-refractivity contribution in [1.82, 2.24) is 0 Å². The number of hydrogen-bond donors (Lipinski definition) is 1. The number of nitrogens with two attached hydrogens (primary N) is 1. The number of halogens is 3. The molecule has 2 nitrogen and oxygen atoms in total. The number of benzene rings is 1. The number of carbonyl (C=O) groups is 1.